The van der Waals surface area contributed by atoms with Crippen molar-refractivity contribution in [2.75, 3.05) is 36.9 Å². The number of aromatic nitrogens is 4. The smallest absolute Gasteiger partial charge is 0.256 e. The molecule has 0 bridgehead atoms. The third kappa shape index (κ3) is 5.39. The van der Waals surface area contributed by atoms with Crippen molar-refractivity contribution >= 4 is 34.5 Å². The Balaban J connectivity index is 1.15. The maximum atomic E-state index is 13.0. The quantitative estimate of drug-likeness (QED) is 0.311. The molecule has 0 spiro atoms. The van der Waals surface area contributed by atoms with Gasteiger partial charge in [0.05, 0.1) is 30.3 Å². The number of fused-ring (bicyclic) bond motifs is 1. The highest BCUT2D eigenvalue weighted by atomic mass is 16.5. The molecule has 2 saturated heterocycles. The number of nitrogens with one attached hydrogen (secondary N) is 3. The van der Waals surface area contributed by atoms with Gasteiger partial charge >= 0.3 is 0 Å². The largest absolute Gasteiger partial charge is 0.456 e. The molecule has 1 aromatic carbocycles. The Morgan fingerprint density at radius 1 is 1.17 bits per heavy atom. The monoisotopic (exact) mass is 552 g/mol. The number of carbonyl (C=O) groups excluding carboxylic acids is 2. The molecular weight excluding hydrogens is 524 g/mol. The molecular formula is C29H28N8O4. The summed E-state index contributed by atoms with van der Waals surface area (Å²) in [5.74, 6) is 1.75. The highest BCUT2D eigenvalue weighted by molar-refractivity contribution is 6.03. The molecule has 12 heteroatoms. The van der Waals surface area contributed by atoms with Crippen molar-refractivity contribution in [1.82, 2.24) is 25.1 Å². The number of rotatable bonds is 7. The highest BCUT2D eigenvalue weighted by Crippen LogP contribution is 2.34. The molecule has 6 rings (SSSR count). The highest BCUT2D eigenvalue weighted by Gasteiger charge is 2.44. The summed E-state index contributed by atoms with van der Waals surface area (Å²) in [6, 6.07) is 13.6. The van der Waals surface area contributed by atoms with Gasteiger partial charge in [0, 0.05) is 43.2 Å². The number of piperidine rings is 1. The lowest BCUT2D eigenvalue weighted by atomic mass is 9.86. The lowest BCUT2D eigenvalue weighted by Gasteiger charge is -2.43. The van der Waals surface area contributed by atoms with Crippen LogP contribution in [0.5, 0.6) is 11.5 Å². The SMILES string of the molecule is CC1(C(=O)N2CCCC(Nc3n[nH]c4nccc(Oc5ccc(C(=O)Nc6cc(C#N)ccn6)cc5)c34)C2)COC1. The van der Waals surface area contributed by atoms with Crippen LogP contribution >= 0.6 is 0 Å². The minimum absolute atomic E-state index is 0.0259. The van der Waals surface area contributed by atoms with Crippen LogP contribution in [0.25, 0.3) is 11.0 Å². The fraction of sp³-hybridized carbons (Fsp3) is 0.310. The molecule has 0 radical (unpaired) electrons. The van der Waals surface area contributed by atoms with Crippen molar-refractivity contribution in [3.05, 3.63) is 66.0 Å². The Morgan fingerprint density at radius 2 is 1.98 bits per heavy atom. The van der Waals surface area contributed by atoms with Gasteiger partial charge in [-0.05, 0) is 56.2 Å². The first-order chi connectivity index (χ1) is 19.9. The summed E-state index contributed by atoms with van der Waals surface area (Å²) >= 11 is 0. The Kier molecular flexibility index (Phi) is 6.94. The normalized spacial score (nSPS) is 17.8. The molecule has 12 nitrogen and oxygen atoms in total. The second-order valence-electron chi connectivity index (χ2n) is 10.5. The van der Waals surface area contributed by atoms with Crippen LogP contribution in [0.15, 0.2) is 54.9 Å². The zero-order valence-corrected chi connectivity index (χ0v) is 22.4. The number of H-pyrrole nitrogens is 1. The molecule has 1 atom stereocenters. The van der Waals surface area contributed by atoms with Gasteiger partial charge in [-0.25, -0.2) is 9.97 Å². The van der Waals surface area contributed by atoms with E-state index in [0.29, 0.717) is 65.1 Å². The van der Waals surface area contributed by atoms with Gasteiger partial charge in [-0.1, -0.05) is 0 Å². The van der Waals surface area contributed by atoms with Gasteiger partial charge in [0.25, 0.3) is 5.91 Å². The van der Waals surface area contributed by atoms with E-state index in [9.17, 15) is 9.59 Å². The lowest BCUT2D eigenvalue weighted by molar-refractivity contribution is -0.169. The second kappa shape index (κ2) is 10.9. The van der Waals surface area contributed by atoms with Crippen molar-refractivity contribution in [3.8, 4) is 17.6 Å². The van der Waals surface area contributed by atoms with Crippen molar-refractivity contribution < 1.29 is 19.1 Å². The Hall–Kier alpha value is -5.02. The average Bonchev–Trinajstić information content (AvgIpc) is 3.39. The molecule has 4 aromatic rings. The predicted molar refractivity (Wildman–Crippen MR) is 149 cm³/mol. The molecule has 1 unspecified atom stereocenters. The molecule has 3 N–H and O–H groups in total. The van der Waals surface area contributed by atoms with Gasteiger partial charge in [0.2, 0.25) is 5.91 Å². The Morgan fingerprint density at radius 3 is 2.73 bits per heavy atom. The molecule has 2 aliphatic heterocycles. The number of aromatic amines is 1. The van der Waals surface area contributed by atoms with E-state index in [4.69, 9.17) is 14.7 Å². The zero-order valence-electron chi connectivity index (χ0n) is 22.4. The Labute approximate surface area is 235 Å². The van der Waals surface area contributed by atoms with Crippen LogP contribution in [-0.4, -0.2) is 69.2 Å². The summed E-state index contributed by atoms with van der Waals surface area (Å²) in [6.07, 6.45) is 4.90. The van der Waals surface area contributed by atoms with Crippen molar-refractivity contribution in [2.45, 2.75) is 25.8 Å². The molecule has 2 aliphatic rings. The van der Waals surface area contributed by atoms with Crippen LogP contribution in [0.1, 0.15) is 35.7 Å². The van der Waals surface area contributed by atoms with Crippen molar-refractivity contribution in [2.24, 2.45) is 5.41 Å². The third-order valence-corrected chi connectivity index (χ3v) is 7.31. The summed E-state index contributed by atoms with van der Waals surface area (Å²) in [5, 5.41) is 23.3. The van der Waals surface area contributed by atoms with Crippen molar-refractivity contribution in [1.29, 1.82) is 5.26 Å². The van der Waals surface area contributed by atoms with E-state index in [-0.39, 0.29) is 17.9 Å². The minimum atomic E-state index is -0.429. The van der Waals surface area contributed by atoms with E-state index in [1.54, 1.807) is 42.6 Å². The van der Waals surface area contributed by atoms with Gasteiger partial charge in [0.1, 0.15) is 22.7 Å². The number of hydrogen-bond donors (Lipinski definition) is 3. The third-order valence-electron chi connectivity index (χ3n) is 7.31. The van der Waals surface area contributed by atoms with Crippen LogP contribution in [-0.2, 0) is 9.53 Å². The van der Waals surface area contributed by atoms with E-state index in [0.717, 1.165) is 19.4 Å². The van der Waals surface area contributed by atoms with Crippen LogP contribution in [0, 0.1) is 16.7 Å². The molecule has 0 saturated carbocycles. The first-order valence-corrected chi connectivity index (χ1v) is 13.3. The number of nitriles is 1. The molecule has 41 heavy (non-hydrogen) atoms. The minimum Gasteiger partial charge on any atom is -0.456 e. The number of likely N-dealkylation sites (tertiary alicyclic amines) is 1. The number of nitrogens with zero attached hydrogens (tertiary/aromatic N) is 5. The van der Waals surface area contributed by atoms with Gasteiger partial charge in [-0.2, -0.15) is 10.4 Å². The van der Waals surface area contributed by atoms with Crippen LogP contribution in [0.4, 0.5) is 11.6 Å². The molecule has 208 valence electrons. The van der Waals surface area contributed by atoms with Gasteiger partial charge in [-0.15, -0.1) is 0 Å². The number of ether oxygens (including phenoxy) is 2. The zero-order chi connectivity index (χ0) is 28.4. The maximum absolute atomic E-state index is 13.0. The van der Waals surface area contributed by atoms with Crippen LogP contribution in [0.2, 0.25) is 0 Å². The van der Waals surface area contributed by atoms with E-state index >= 15 is 0 Å². The molecule has 2 amide bonds. The number of hydrogen-bond acceptors (Lipinski definition) is 9. The van der Waals surface area contributed by atoms with Crippen LogP contribution < -0.4 is 15.4 Å². The summed E-state index contributed by atoms with van der Waals surface area (Å²) in [4.78, 5) is 36.1. The van der Waals surface area contributed by atoms with Gasteiger partial charge in [0.15, 0.2) is 11.5 Å². The van der Waals surface area contributed by atoms with E-state index in [2.05, 4.69) is 30.8 Å². The van der Waals surface area contributed by atoms with Crippen LogP contribution in [0.3, 0.4) is 0 Å². The number of amides is 2. The fourth-order valence-corrected chi connectivity index (χ4v) is 5.06. The lowest BCUT2D eigenvalue weighted by Crippen LogP contribution is -2.56. The maximum Gasteiger partial charge on any atom is 0.256 e. The summed E-state index contributed by atoms with van der Waals surface area (Å²) in [5.41, 5.74) is 0.950. The predicted octanol–water partition coefficient (Wildman–Crippen LogP) is 3.71. The summed E-state index contributed by atoms with van der Waals surface area (Å²) < 4.78 is 11.5. The molecule has 2 fully saturated rings. The standard InChI is InChI=1S/C29H28N8O4/c1-29(16-40-17-29)28(39)37-12-2-3-20(15-37)33-26-24-22(9-11-32-25(24)35-36-26)41-21-6-4-19(5-7-21)27(38)34-23-13-18(14-30)8-10-31-23/h4-11,13,20H,2-3,12,15-17H2,1H3,(H,31,34,38)(H2,32,33,35,36). The topological polar surface area (TPSA) is 158 Å². The van der Waals surface area contributed by atoms with E-state index in [1.807, 2.05) is 17.9 Å². The average molecular weight is 553 g/mol. The summed E-state index contributed by atoms with van der Waals surface area (Å²) in [7, 11) is 0. The van der Waals surface area contributed by atoms with E-state index < -0.39 is 5.41 Å². The molecule has 3 aromatic heterocycles. The molecule has 5 heterocycles. The van der Waals surface area contributed by atoms with Gasteiger partial charge < -0.3 is 25.0 Å². The Bertz CT molecular complexity index is 1640. The number of pyridine rings is 2. The first-order valence-electron chi connectivity index (χ1n) is 13.3. The fourth-order valence-electron chi connectivity index (χ4n) is 5.06. The molecule has 0 aliphatic carbocycles. The van der Waals surface area contributed by atoms with Gasteiger partial charge in [-0.3, -0.25) is 14.7 Å². The van der Waals surface area contributed by atoms with Crippen molar-refractivity contribution in [3.63, 3.8) is 0 Å². The number of anilines is 2. The number of carbonyl (C=O) groups is 2. The van der Waals surface area contributed by atoms with E-state index in [1.165, 1.54) is 12.3 Å². The first kappa shape index (κ1) is 26.2. The second-order valence-corrected chi connectivity index (χ2v) is 10.5. The number of benzene rings is 1. The summed E-state index contributed by atoms with van der Waals surface area (Å²) in [6.45, 7) is 4.21.